The summed E-state index contributed by atoms with van der Waals surface area (Å²) in [5.41, 5.74) is 0.157. The lowest BCUT2D eigenvalue weighted by Crippen LogP contribution is -2.50. The Morgan fingerprint density at radius 3 is 2.24 bits per heavy atom. The summed E-state index contributed by atoms with van der Waals surface area (Å²) in [6.45, 7) is 2.74. The molecule has 1 fully saturated rings. The van der Waals surface area contributed by atoms with Crippen LogP contribution in [0.2, 0.25) is 0 Å². The second kappa shape index (κ2) is 7.70. The lowest BCUT2D eigenvalue weighted by molar-refractivity contribution is 0.274. The lowest BCUT2D eigenvalue weighted by Gasteiger charge is -2.32. The van der Waals surface area contributed by atoms with E-state index in [9.17, 15) is 22.1 Å². The van der Waals surface area contributed by atoms with Crippen LogP contribution in [0.1, 0.15) is 18.9 Å². The van der Waals surface area contributed by atoms with Crippen LogP contribution in [0, 0.1) is 11.3 Å². The average Bonchev–Trinajstić information content (AvgIpc) is 2.59. The minimum absolute atomic E-state index is 0.000652. The molecule has 1 aliphatic heterocycles. The SMILES string of the molecule is CCCOc1ccc(S(=O)(=O)N2CCN(S(C)(=O)=O)CC2)cc1C#N. The minimum Gasteiger partial charge on any atom is -0.492 e. The van der Waals surface area contributed by atoms with E-state index < -0.39 is 20.0 Å². The molecule has 8 nitrogen and oxygen atoms in total. The van der Waals surface area contributed by atoms with Crippen LogP contribution >= 0.6 is 0 Å². The molecule has 0 atom stereocenters. The molecule has 1 saturated heterocycles. The maximum absolute atomic E-state index is 12.7. The second-order valence-corrected chi connectivity index (χ2v) is 9.60. The van der Waals surface area contributed by atoms with Crippen molar-refractivity contribution in [1.82, 2.24) is 8.61 Å². The monoisotopic (exact) mass is 387 g/mol. The molecule has 0 bridgehead atoms. The summed E-state index contributed by atoms with van der Waals surface area (Å²) in [5, 5.41) is 9.23. The van der Waals surface area contributed by atoms with E-state index in [1.807, 2.05) is 13.0 Å². The Morgan fingerprint density at radius 1 is 1.12 bits per heavy atom. The fourth-order valence-electron chi connectivity index (χ4n) is 2.49. The first-order valence-electron chi connectivity index (χ1n) is 7.82. The number of benzene rings is 1. The Kier molecular flexibility index (Phi) is 6.05. The molecule has 1 aromatic carbocycles. The maximum atomic E-state index is 12.7. The van der Waals surface area contributed by atoms with Gasteiger partial charge in [0.2, 0.25) is 20.0 Å². The zero-order chi connectivity index (χ0) is 18.7. The van der Waals surface area contributed by atoms with E-state index in [1.54, 1.807) is 0 Å². The molecule has 0 aliphatic carbocycles. The van der Waals surface area contributed by atoms with Gasteiger partial charge < -0.3 is 4.74 Å². The van der Waals surface area contributed by atoms with Gasteiger partial charge in [0.15, 0.2) is 0 Å². The van der Waals surface area contributed by atoms with Crippen molar-refractivity contribution in [3.8, 4) is 11.8 Å². The second-order valence-electron chi connectivity index (χ2n) is 5.68. The Bertz CT molecular complexity index is 867. The fourth-order valence-corrected chi connectivity index (χ4v) is 4.76. The molecule has 1 aliphatic rings. The van der Waals surface area contributed by atoms with Crippen LogP contribution in [0.15, 0.2) is 23.1 Å². The van der Waals surface area contributed by atoms with E-state index >= 15 is 0 Å². The van der Waals surface area contributed by atoms with Gasteiger partial charge in [-0.25, -0.2) is 16.8 Å². The van der Waals surface area contributed by atoms with Crippen LogP contribution in [-0.4, -0.2) is 64.5 Å². The van der Waals surface area contributed by atoms with Gasteiger partial charge in [-0.1, -0.05) is 6.92 Å². The molecule has 10 heteroatoms. The third kappa shape index (κ3) is 4.49. The quantitative estimate of drug-likeness (QED) is 0.708. The van der Waals surface area contributed by atoms with E-state index in [0.29, 0.717) is 12.4 Å². The third-order valence-corrected chi connectivity index (χ3v) is 7.04. The highest BCUT2D eigenvalue weighted by atomic mass is 32.2. The van der Waals surface area contributed by atoms with Gasteiger partial charge >= 0.3 is 0 Å². The Balaban J connectivity index is 2.22. The predicted molar refractivity (Wildman–Crippen MR) is 92.1 cm³/mol. The summed E-state index contributed by atoms with van der Waals surface area (Å²) in [7, 11) is -7.13. The van der Waals surface area contributed by atoms with Crippen LogP contribution in [0.5, 0.6) is 5.75 Å². The molecule has 0 aromatic heterocycles. The van der Waals surface area contributed by atoms with Crippen LogP contribution < -0.4 is 4.74 Å². The largest absolute Gasteiger partial charge is 0.492 e. The maximum Gasteiger partial charge on any atom is 0.243 e. The van der Waals surface area contributed by atoms with Crippen molar-refractivity contribution in [2.45, 2.75) is 18.2 Å². The fraction of sp³-hybridized carbons (Fsp3) is 0.533. The van der Waals surface area contributed by atoms with Crippen molar-refractivity contribution in [2.24, 2.45) is 0 Å². The summed E-state index contributed by atoms with van der Waals surface area (Å²) in [6, 6.07) is 6.13. The zero-order valence-corrected chi connectivity index (χ0v) is 15.8. The summed E-state index contributed by atoms with van der Waals surface area (Å²) >= 11 is 0. The van der Waals surface area contributed by atoms with Gasteiger partial charge in [-0.15, -0.1) is 0 Å². The zero-order valence-electron chi connectivity index (χ0n) is 14.2. The number of hydrogen-bond donors (Lipinski definition) is 0. The first-order valence-corrected chi connectivity index (χ1v) is 11.1. The first kappa shape index (κ1) is 19.7. The first-order chi connectivity index (χ1) is 11.7. The van der Waals surface area contributed by atoms with Crippen LogP contribution in [0.4, 0.5) is 0 Å². The van der Waals surface area contributed by atoms with Crippen molar-refractivity contribution in [3.05, 3.63) is 23.8 Å². The van der Waals surface area contributed by atoms with Gasteiger partial charge in [-0.2, -0.15) is 13.9 Å². The number of ether oxygens (including phenoxy) is 1. The van der Waals surface area contributed by atoms with Gasteiger partial charge in [0.25, 0.3) is 0 Å². The van der Waals surface area contributed by atoms with Gasteiger partial charge in [-0.05, 0) is 24.6 Å². The van der Waals surface area contributed by atoms with Crippen molar-refractivity contribution in [1.29, 1.82) is 5.26 Å². The van der Waals surface area contributed by atoms with Crippen molar-refractivity contribution in [3.63, 3.8) is 0 Å². The highest BCUT2D eigenvalue weighted by molar-refractivity contribution is 7.89. The van der Waals surface area contributed by atoms with E-state index in [1.165, 1.54) is 26.8 Å². The Hall–Kier alpha value is -1.67. The summed E-state index contributed by atoms with van der Waals surface area (Å²) in [4.78, 5) is 0.000652. The number of sulfonamides is 2. The van der Waals surface area contributed by atoms with E-state index in [2.05, 4.69) is 0 Å². The Labute approximate surface area is 148 Å². The number of rotatable bonds is 6. The van der Waals surface area contributed by atoms with Crippen molar-refractivity contribution >= 4 is 20.0 Å². The summed E-state index contributed by atoms with van der Waals surface area (Å²) in [6.07, 6.45) is 1.88. The number of nitrogens with zero attached hydrogens (tertiary/aromatic N) is 3. The standard InChI is InChI=1S/C15H21N3O5S2/c1-3-10-23-15-5-4-14(11-13(15)12-16)25(21,22)18-8-6-17(7-9-18)24(2,19)20/h4-5,11H,3,6-10H2,1-2H3. The van der Waals surface area contributed by atoms with Gasteiger partial charge in [0, 0.05) is 26.2 Å². The number of hydrogen-bond acceptors (Lipinski definition) is 6. The summed E-state index contributed by atoms with van der Waals surface area (Å²) < 4.78 is 56.5. The highest BCUT2D eigenvalue weighted by Gasteiger charge is 2.31. The normalized spacial score (nSPS) is 17.2. The predicted octanol–water partition coefficient (Wildman–Crippen LogP) is 0.613. The lowest BCUT2D eigenvalue weighted by atomic mass is 10.2. The van der Waals surface area contributed by atoms with E-state index in [-0.39, 0.29) is 36.6 Å². The van der Waals surface area contributed by atoms with Gasteiger partial charge in [0.05, 0.1) is 23.3 Å². The van der Waals surface area contributed by atoms with Crippen LogP contribution in [0.3, 0.4) is 0 Å². The topological polar surface area (TPSA) is 108 Å². The van der Waals surface area contributed by atoms with Gasteiger partial charge in [-0.3, -0.25) is 0 Å². The van der Waals surface area contributed by atoms with Crippen molar-refractivity contribution in [2.75, 3.05) is 39.0 Å². The molecular weight excluding hydrogens is 366 g/mol. The number of nitriles is 1. The molecule has 0 amide bonds. The van der Waals surface area contributed by atoms with Crippen molar-refractivity contribution < 1.29 is 21.6 Å². The molecule has 138 valence electrons. The average molecular weight is 387 g/mol. The highest BCUT2D eigenvalue weighted by Crippen LogP contribution is 2.25. The van der Waals surface area contributed by atoms with E-state index in [4.69, 9.17) is 4.74 Å². The molecule has 2 rings (SSSR count). The molecule has 1 heterocycles. The molecule has 0 spiro atoms. The number of piperazine rings is 1. The van der Waals surface area contributed by atoms with Crippen LogP contribution in [0.25, 0.3) is 0 Å². The molecule has 0 radical (unpaired) electrons. The molecule has 0 unspecified atom stereocenters. The molecule has 0 saturated carbocycles. The minimum atomic E-state index is -3.80. The molecule has 25 heavy (non-hydrogen) atoms. The Morgan fingerprint density at radius 2 is 1.72 bits per heavy atom. The van der Waals surface area contributed by atoms with Crippen LogP contribution in [-0.2, 0) is 20.0 Å². The smallest absolute Gasteiger partial charge is 0.243 e. The van der Waals surface area contributed by atoms with Gasteiger partial charge in [0.1, 0.15) is 11.8 Å². The molecule has 1 aromatic rings. The summed E-state index contributed by atoms with van der Waals surface area (Å²) in [5.74, 6) is 0.352. The van der Waals surface area contributed by atoms with E-state index in [0.717, 1.165) is 12.7 Å². The molecule has 0 N–H and O–H groups in total. The molecular formula is C15H21N3O5S2. The third-order valence-electron chi connectivity index (χ3n) is 3.84.